The monoisotopic (exact) mass is 294 g/mol. The quantitative estimate of drug-likeness (QED) is 0.855. The zero-order valence-electron chi connectivity index (χ0n) is 13.3. The van der Waals surface area contributed by atoms with Gasteiger partial charge in [-0.3, -0.25) is 14.8 Å². The number of aryl methyl sites for hydroxylation is 1. The van der Waals surface area contributed by atoms with E-state index in [0.717, 1.165) is 44.8 Å². The Hall–Kier alpha value is -1.40. The van der Waals surface area contributed by atoms with Crippen LogP contribution in [-0.4, -0.2) is 71.8 Å². The summed E-state index contributed by atoms with van der Waals surface area (Å²) in [5.41, 5.74) is 1.53. The molecule has 6 heteroatoms. The number of hydrogen-bond acceptors (Lipinski definition) is 4. The Labute approximate surface area is 126 Å². The SMILES string of the molecule is CCCc1cc(C(=O)N(C)C[C@H](C)N2CCOCC2)n[nH]1. The van der Waals surface area contributed by atoms with Crippen LogP contribution < -0.4 is 0 Å². The van der Waals surface area contributed by atoms with Crippen LogP contribution in [0.1, 0.15) is 36.5 Å². The number of morpholine rings is 1. The van der Waals surface area contributed by atoms with E-state index in [1.165, 1.54) is 0 Å². The van der Waals surface area contributed by atoms with Gasteiger partial charge in [-0.25, -0.2) is 0 Å². The number of amides is 1. The molecule has 0 bridgehead atoms. The smallest absolute Gasteiger partial charge is 0.274 e. The third-order valence-electron chi connectivity index (χ3n) is 3.92. The van der Waals surface area contributed by atoms with Crippen molar-refractivity contribution < 1.29 is 9.53 Å². The van der Waals surface area contributed by atoms with E-state index in [2.05, 4.69) is 28.9 Å². The maximum absolute atomic E-state index is 12.4. The van der Waals surface area contributed by atoms with Gasteiger partial charge in [0.2, 0.25) is 0 Å². The van der Waals surface area contributed by atoms with Crippen LogP contribution in [0.4, 0.5) is 0 Å². The summed E-state index contributed by atoms with van der Waals surface area (Å²) in [5, 5.41) is 7.06. The van der Waals surface area contributed by atoms with Crippen molar-refractivity contribution in [3.8, 4) is 0 Å². The zero-order valence-corrected chi connectivity index (χ0v) is 13.3. The van der Waals surface area contributed by atoms with Gasteiger partial charge in [0.15, 0.2) is 0 Å². The van der Waals surface area contributed by atoms with Gasteiger partial charge in [0, 0.05) is 38.4 Å². The van der Waals surface area contributed by atoms with Gasteiger partial charge < -0.3 is 9.64 Å². The van der Waals surface area contributed by atoms with Gasteiger partial charge in [-0.15, -0.1) is 0 Å². The standard InChI is InChI=1S/C15H26N4O2/c1-4-5-13-10-14(17-16-13)15(20)18(3)11-12(2)19-6-8-21-9-7-19/h10,12H,4-9,11H2,1-3H3,(H,16,17)/t12-/m0/s1. The van der Waals surface area contributed by atoms with Gasteiger partial charge in [-0.05, 0) is 19.4 Å². The van der Waals surface area contributed by atoms with Crippen molar-refractivity contribution in [2.75, 3.05) is 39.9 Å². The van der Waals surface area contributed by atoms with E-state index in [1.54, 1.807) is 4.90 Å². The number of carbonyl (C=O) groups is 1. The molecule has 1 aromatic rings. The van der Waals surface area contributed by atoms with Crippen molar-refractivity contribution in [2.24, 2.45) is 0 Å². The first-order valence-corrected chi connectivity index (χ1v) is 7.73. The van der Waals surface area contributed by atoms with Gasteiger partial charge in [0.25, 0.3) is 5.91 Å². The summed E-state index contributed by atoms with van der Waals surface area (Å²) in [7, 11) is 1.84. The van der Waals surface area contributed by atoms with Gasteiger partial charge >= 0.3 is 0 Å². The predicted molar refractivity (Wildman–Crippen MR) is 81.4 cm³/mol. The van der Waals surface area contributed by atoms with Crippen molar-refractivity contribution in [1.82, 2.24) is 20.0 Å². The lowest BCUT2D eigenvalue weighted by Crippen LogP contribution is -2.47. The maximum atomic E-state index is 12.4. The molecule has 0 aromatic carbocycles. The lowest BCUT2D eigenvalue weighted by molar-refractivity contribution is 0.0142. The van der Waals surface area contributed by atoms with Crippen molar-refractivity contribution in [1.29, 1.82) is 0 Å². The minimum Gasteiger partial charge on any atom is -0.379 e. The fourth-order valence-corrected chi connectivity index (χ4v) is 2.68. The maximum Gasteiger partial charge on any atom is 0.274 e. The van der Waals surface area contributed by atoms with Crippen molar-refractivity contribution >= 4 is 5.91 Å². The van der Waals surface area contributed by atoms with E-state index in [1.807, 2.05) is 13.1 Å². The summed E-state index contributed by atoms with van der Waals surface area (Å²) in [6.07, 6.45) is 1.97. The topological polar surface area (TPSA) is 61.5 Å². The molecule has 0 saturated carbocycles. The first kappa shape index (κ1) is 16.0. The second kappa shape index (κ2) is 7.56. The normalized spacial score (nSPS) is 17.7. The predicted octanol–water partition coefficient (Wildman–Crippen LogP) is 1.15. The van der Waals surface area contributed by atoms with E-state index in [9.17, 15) is 4.79 Å². The average Bonchev–Trinajstić information content (AvgIpc) is 2.96. The number of nitrogens with zero attached hydrogens (tertiary/aromatic N) is 3. The largest absolute Gasteiger partial charge is 0.379 e. The fraction of sp³-hybridized carbons (Fsp3) is 0.733. The number of H-pyrrole nitrogens is 1. The van der Waals surface area contributed by atoms with Crippen LogP contribution in [0.5, 0.6) is 0 Å². The minimum absolute atomic E-state index is 0.0197. The first-order chi connectivity index (χ1) is 10.1. The number of carbonyl (C=O) groups excluding carboxylic acids is 1. The zero-order chi connectivity index (χ0) is 15.2. The van der Waals surface area contributed by atoms with Gasteiger partial charge in [0.05, 0.1) is 13.2 Å². The number of aromatic nitrogens is 2. The highest BCUT2D eigenvalue weighted by Gasteiger charge is 2.22. The molecule has 1 aliphatic heterocycles. The van der Waals surface area contributed by atoms with Crippen molar-refractivity contribution in [2.45, 2.75) is 32.7 Å². The van der Waals surface area contributed by atoms with Crippen LogP contribution in [-0.2, 0) is 11.2 Å². The van der Waals surface area contributed by atoms with Crippen LogP contribution in [0.2, 0.25) is 0 Å². The Balaban J connectivity index is 1.88. The number of likely N-dealkylation sites (N-methyl/N-ethyl adjacent to an activating group) is 1. The van der Waals surface area contributed by atoms with E-state index in [-0.39, 0.29) is 5.91 Å². The molecule has 2 heterocycles. The van der Waals surface area contributed by atoms with Gasteiger partial charge in [0.1, 0.15) is 5.69 Å². The second-order valence-electron chi connectivity index (χ2n) is 5.71. The fourth-order valence-electron chi connectivity index (χ4n) is 2.68. The second-order valence-corrected chi connectivity index (χ2v) is 5.71. The van der Waals surface area contributed by atoms with Crippen molar-refractivity contribution in [3.63, 3.8) is 0 Å². The molecule has 1 amide bonds. The first-order valence-electron chi connectivity index (χ1n) is 7.73. The number of rotatable bonds is 6. The highest BCUT2D eigenvalue weighted by atomic mass is 16.5. The minimum atomic E-state index is -0.0197. The Bertz CT molecular complexity index is 454. The molecule has 1 atom stereocenters. The summed E-state index contributed by atoms with van der Waals surface area (Å²) in [5.74, 6) is -0.0197. The molecule has 0 radical (unpaired) electrons. The molecule has 2 rings (SSSR count). The summed E-state index contributed by atoms with van der Waals surface area (Å²) >= 11 is 0. The molecule has 0 unspecified atom stereocenters. The molecule has 0 aliphatic carbocycles. The molecule has 6 nitrogen and oxygen atoms in total. The summed E-state index contributed by atoms with van der Waals surface area (Å²) in [6.45, 7) is 8.40. The molecule has 1 aromatic heterocycles. The van der Waals surface area contributed by atoms with Crippen molar-refractivity contribution in [3.05, 3.63) is 17.5 Å². The lowest BCUT2D eigenvalue weighted by Gasteiger charge is -2.34. The van der Waals surface area contributed by atoms with Crippen LogP contribution in [0.15, 0.2) is 6.07 Å². The van der Waals surface area contributed by atoms with E-state index >= 15 is 0 Å². The molecule has 1 aliphatic rings. The van der Waals surface area contributed by atoms with E-state index in [4.69, 9.17) is 4.74 Å². The van der Waals surface area contributed by atoms with Crippen LogP contribution >= 0.6 is 0 Å². The third-order valence-corrected chi connectivity index (χ3v) is 3.92. The Morgan fingerprint density at radius 3 is 2.90 bits per heavy atom. The number of nitrogens with one attached hydrogen (secondary N) is 1. The molecular formula is C15H26N4O2. The average molecular weight is 294 g/mol. The Morgan fingerprint density at radius 2 is 2.24 bits per heavy atom. The van der Waals surface area contributed by atoms with E-state index < -0.39 is 0 Å². The molecule has 1 fully saturated rings. The molecular weight excluding hydrogens is 268 g/mol. The number of aromatic amines is 1. The van der Waals surface area contributed by atoms with Crippen LogP contribution in [0, 0.1) is 0 Å². The molecule has 0 spiro atoms. The van der Waals surface area contributed by atoms with Crippen LogP contribution in [0.3, 0.4) is 0 Å². The molecule has 1 N–H and O–H groups in total. The third kappa shape index (κ3) is 4.28. The molecule has 21 heavy (non-hydrogen) atoms. The van der Waals surface area contributed by atoms with Gasteiger partial charge in [-0.2, -0.15) is 5.10 Å². The summed E-state index contributed by atoms with van der Waals surface area (Å²) in [4.78, 5) is 16.5. The molecule has 118 valence electrons. The van der Waals surface area contributed by atoms with E-state index in [0.29, 0.717) is 18.3 Å². The van der Waals surface area contributed by atoms with Gasteiger partial charge in [-0.1, -0.05) is 13.3 Å². The highest BCUT2D eigenvalue weighted by molar-refractivity contribution is 5.92. The summed E-state index contributed by atoms with van der Waals surface area (Å²) in [6, 6.07) is 2.19. The Kier molecular flexibility index (Phi) is 5.76. The Morgan fingerprint density at radius 1 is 1.52 bits per heavy atom. The lowest BCUT2D eigenvalue weighted by atomic mass is 10.2. The number of ether oxygens (including phenoxy) is 1. The number of hydrogen-bond donors (Lipinski definition) is 1. The van der Waals surface area contributed by atoms with Crippen LogP contribution in [0.25, 0.3) is 0 Å². The summed E-state index contributed by atoms with van der Waals surface area (Å²) < 4.78 is 5.36. The highest BCUT2D eigenvalue weighted by Crippen LogP contribution is 2.09. The molecule has 1 saturated heterocycles.